The molecule has 1 amide bonds. The van der Waals surface area contributed by atoms with E-state index in [-0.39, 0.29) is 19.1 Å². The monoisotopic (exact) mass is 269 g/mol. The predicted molar refractivity (Wildman–Crippen MR) is 61.1 cm³/mol. The molecule has 19 heavy (non-hydrogen) atoms. The molecule has 1 aliphatic heterocycles. The van der Waals surface area contributed by atoms with Gasteiger partial charge in [-0.1, -0.05) is 5.16 Å². The number of ether oxygens (including phenoxy) is 1. The summed E-state index contributed by atoms with van der Waals surface area (Å²) in [5.74, 6) is -0.517. The van der Waals surface area contributed by atoms with Crippen molar-refractivity contribution in [3.63, 3.8) is 0 Å². The van der Waals surface area contributed by atoms with Crippen molar-refractivity contribution < 1.29 is 24.0 Å². The molecular formula is C11H15N3O5. The number of aromatic nitrogens is 2. The van der Waals surface area contributed by atoms with E-state index in [0.717, 1.165) is 0 Å². The molecule has 8 nitrogen and oxygen atoms in total. The minimum absolute atomic E-state index is 0.0398. The van der Waals surface area contributed by atoms with Gasteiger partial charge in [0.25, 0.3) is 5.89 Å². The summed E-state index contributed by atoms with van der Waals surface area (Å²) in [4.78, 5) is 28.0. The van der Waals surface area contributed by atoms with Gasteiger partial charge in [0.15, 0.2) is 5.82 Å². The van der Waals surface area contributed by atoms with Gasteiger partial charge in [0.1, 0.15) is 19.3 Å². The van der Waals surface area contributed by atoms with Crippen molar-refractivity contribution in [1.29, 1.82) is 0 Å². The smallest absolute Gasteiger partial charge is 0.326 e. The van der Waals surface area contributed by atoms with Gasteiger partial charge >= 0.3 is 5.97 Å². The Morgan fingerprint density at radius 3 is 3.00 bits per heavy atom. The zero-order valence-corrected chi connectivity index (χ0v) is 10.5. The fourth-order valence-corrected chi connectivity index (χ4v) is 2.03. The SMILES string of the molecule is Cc1noc(COCC(=O)N2CCC[C@H]2C(=O)O)n1. The fraction of sp³-hybridized carbons (Fsp3) is 0.636. The lowest BCUT2D eigenvalue weighted by atomic mass is 10.2. The van der Waals surface area contributed by atoms with Gasteiger partial charge in [-0.25, -0.2) is 4.79 Å². The van der Waals surface area contributed by atoms with Crippen LogP contribution in [0.3, 0.4) is 0 Å². The van der Waals surface area contributed by atoms with Crippen molar-refractivity contribution in [2.75, 3.05) is 13.2 Å². The first kappa shape index (κ1) is 13.5. The van der Waals surface area contributed by atoms with E-state index >= 15 is 0 Å². The molecule has 1 N–H and O–H groups in total. The van der Waals surface area contributed by atoms with Crippen molar-refractivity contribution in [1.82, 2.24) is 15.0 Å². The number of aryl methyl sites for hydroxylation is 1. The average Bonchev–Trinajstić information content (AvgIpc) is 2.97. The Morgan fingerprint density at radius 2 is 2.37 bits per heavy atom. The van der Waals surface area contributed by atoms with Crippen molar-refractivity contribution in [3.8, 4) is 0 Å². The number of aliphatic carboxylic acids is 1. The second kappa shape index (κ2) is 5.79. The van der Waals surface area contributed by atoms with Crippen LogP contribution >= 0.6 is 0 Å². The molecule has 1 aliphatic rings. The van der Waals surface area contributed by atoms with Gasteiger partial charge in [0.2, 0.25) is 5.91 Å². The highest BCUT2D eigenvalue weighted by atomic mass is 16.5. The second-order valence-electron chi connectivity index (χ2n) is 4.31. The second-order valence-corrected chi connectivity index (χ2v) is 4.31. The van der Waals surface area contributed by atoms with Crippen LogP contribution in [0.25, 0.3) is 0 Å². The molecule has 0 aliphatic carbocycles. The minimum atomic E-state index is -0.974. The third kappa shape index (κ3) is 3.28. The number of carbonyl (C=O) groups excluding carboxylic acids is 1. The van der Waals surface area contributed by atoms with Crippen LogP contribution in [-0.2, 0) is 20.9 Å². The summed E-state index contributed by atoms with van der Waals surface area (Å²) in [6, 6.07) is -0.734. The third-order valence-corrected chi connectivity index (χ3v) is 2.88. The van der Waals surface area contributed by atoms with Gasteiger partial charge in [-0.3, -0.25) is 4.79 Å². The molecule has 104 valence electrons. The molecule has 1 fully saturated rings. The molecule has 0 aromatic carbocycles. The zero-order chi connectivity index (χ0) is 13.8. The van der Waals surface area contributed by atoms with Gasteiger partial charge in [-0.05, 0) is 19.8 Å². The Bertz CT molecular complexity index is 473. The van der Waals surface area contributed by atoms with Gasteiger partial charge in [-0.2, -0.15) is 4.98 Å². The Balaban J connectivity index is 1.79. The lowest BCUT2D eigenvalue weighted by Crippen LogP contribution is -2.42. The highest BCUT2D eigenvalue weighted by Gasteiger charge is 2.33. The fourth-order valence-electron chi connectivity index (χ4n) is 2.03. The number of hydrogen-bond donors (Lipinski definition) is 1. The molecule has 1 aromatic rings. The van der Waals surface area contributed by atoms with Crippen LogP contribution in [0, 0.1) is 6.92 Å². The summed E-state index contributed by atoms with van der Waals surface area (Å²) in [6.45, 7) is 1.99. The first-order chi connectivity index (χ1) is 9.08. The van der Waals surface area contributed by atoms with Crippen molar-refractivity contribution in [2.45, 2.75) is 32.4 Å². The average molecular weight is 269 g/mol. The number of nitrogens with zero attached hydrogens (tertiary/aromatic N) is 3. The quantitative estimate of drug-likeness (QED) is 0.800. The van der Waals surface area contributed by atoms with Gasteiger partial charge in [0.05, 0.1) is 0 Å². The molecule has 1 aromatic heterocycles. The minimum Gasteiger partial charge on any atom is -0.480 e. The Hall–Kier alpha value is -1.96. The molecule has 0 radical (unpaired) electrons. The van der Waals surface area contributed by atoms with Crippen LogP contribution in [0.5, 0.6) is 0 Å². The summed E-state index contributed by atoms with van der Waals surface area (Å²) in [7, 11) is 0. The molecule has 0 bridgehead atoms. The lowest BCUT2D eigenvalue weighted by molar-refractivity contribution is -0.150. The Kier molecular flexibility index (Phi) is 4.10. The summed E-state index contributed by atoms with van der Waals surface area (Å²) >= 11 is 0. The van der Waals surface area contributed by atoms with Crippen LogP contribution in [0.2, 0.25) is 0 Å². The molecule has 8 heteroatoms. The van der Waals surface area contributed by atoms with E-state index in [0.29, 0.717) is 31.1 Å². The number of carboxylic acid groups (broad SMARTS) is 1. The third-order valence-electron chi connectivity index (χ3n) is 2.88. The standard InChI is InChI=1S/C11H15N3O5/c1-7-12-9(19-13-7)5-18-6-10(15)14-4-2-3-8(14)11(16)17/h8H,2-6H2,1H3,(H,16,17)/t8-/m0/s1. The van der Waals surface area contributed by atoms with Crippen LogP contribution < -0.4 is 0 Å². The molecule has 2 heterocycles. The zero-order valence-electron chi connectivity index (χ0n) is 10.5. The first-order valence-corrected chi connectivity index (χ1v) is 5.97. The van der Waals surface area contributed by atoms with E-state index in [9.17, 15) is 9.59 Å². The number of rotatable bonds is 5. The molecule has 0 spiro atoms. The van der Waals surface area contributed by atoms with Gasteiger partial charge in [-0.15, -0.1) is 0 Å². The molecular weight excluding hydrogens is 254 g/mol. The van der Waals surface area contributed by atoms with Crippen LogP contribution in [0.4, 0.5) is 0 Å². The largest absolute Gasteiger partial charge is 0.480 e. The van der Waals surface area contributed by atoms with Gasteiger partial charge < -0.3 is 19.3 Å². The van der Waals surface area contributed by atoms with Gasteiger partial charge in [0, 0.05) is 6.54 Å². The number of amides is 1. The van der Waals surface area contributed by atoms with Crippen molar-refractivity contribution >= 4 is 11.9 Å². The molecule has 2 rings (SSSR count). The van der Waals surface area contributed by atoms with E-state index in [1.165, 1.54) is 4.90 Å². The van der Waals surface area contributed by atoms with E-state index in [1.54, 1.807) is 6.92 Å². The summed E-state index contributed by atoms with van der Waals surface area (Å²) < 4.78 is 9.98. The maximum absolute atomic E-state index is 11.8. The number of likely N-dealkylation sites (tertiary alicyclic amines) is 1. The number of hydrogen-bond acceptors (Lipinski definition) is 6. The molecule has 0 saturated carbocycles. The predicted octanol–water partition coefficient (Wildman–Crippen LogP) is -0.0298. The Labute approximate surface area is 109 Å². The Morgan fingerprint density at radius 1 is 1.58 bits per heavy atom. The highest BCUT2D eigenvalue weighted by molar-refractivity contribution is 5.84. The van der Waals surface area contributed by atoms with Crippen LogP contribution in [0.15, 0.2) is 4.52 Å². The van der Waals surface area contributed by atoms with E-state index in [4.69, 9.17) is 14.4 Å². The maximum atomic E-state index is 11.8. The van der Waals surface area contributed by atoms with Crippen molar-refractivity contribution in [2.24, 2.45) is 0 Å². The first-order valence-electron chi connectivity index (χ1n) is 5.97. The molecule has 0 unspecified atom stereocenters. The van der Waals surface area contributed by atoms with Crippen LogP contribution in [0.1, 0.15) is 24.6 Å². The highest BCUT2D eigenvalue weighted by Crippen LogP contribution is 2.17. The molecule has 1 saturated heterocycles. The maximum Gasteiger partial charge on any atom is 0.326 e. The lowest BCUT2D eigenvalue weighted by Gasteiger charge is -2.20. The van der Waals surface area contributed by atoms with E-state index in [1.807, 2.05) is 0 Å². The van der Waals surface area contributed by atoms with E-state index in [2.05, 4.69) is 10.1 Å². The number of carboxylic acids is 1. The topological polar surface area (TPSA) is 106 Å². The van der Waals surface area contributed by atoms with Crippen molar-refractivity contribution in [3.05, 3.63) is 11.7 Å². The normalized spacial score (nSPS) is 18.8. The summed E-state index contributed by atoms with van der Waals surface area (Å²) in [6.07, 6.45) is 1.19. The summed E-state index contributed by atoms with van der Waals surface area (Å²) in [5.41, 5.74) is 0. The number of carbonyl (C=O) groups is 2. The van der Waals surface area contributed by atoms with E-state index < -0.39 is 12.0 Å². The summed E-state index contributed by atoms with van der Waals surface area (Å²) in [5, 5.41) is 12.6. The van der Waals surface area contributed by atoms with Crippen LogP contribution in [-0.4, -0.2) is 51.2 Å². The molecule has 1 atom stereocenters.